The molecule has 2 aliphatic rings. The van der Waals surface area contributed by atoms with Crippen LogP contribution in [0.1, 0.15) is 29.6 Å². The Bertz CT molecular complexity index is 816. The van der Waals surface area contributed by atoms with Gasteiger partial charge in [0.1, 0.15) is 17.5 Å². The predicted molar refractivity (Wildman–Crippen MR) is 95.5 cm³/mol. The fourth-order valence-electron chi connectivity index (χ4n) is 3.19. The standard InChI is InChI=1S/C17H14Cl3N3O2/c18-8-1-3-10(13(20)5-8)15(24)12(7-21)16-22-14-6-9(19)2-4-11(14)17(25)23-16/h1,3,5,9,11,14,22H,2,4,6H2,(H,23,25)/b16-12-. The van der Waals surface area contributed by atoms with Gasteiger partial charge in [0.25, 0.3) is 0 Å². The molecule has 1 aromatic rings. The Morgan fingerprint density at radius 1 is 1.28 bits per heavy atom. The SMILES string of the molecule is N#C/C(C(=O)c1ccc(Cl)cc1Cl)=C1/NC(=O)C2CCC(Cl)CC2N1. The summed E-state index contributed by atoms with van der Waals surface area (Å²) in [5, 5.41) is 15.7. The molecule has 3 rings (SSSR count). The highest BCUT2D eigenvalue weighted by atomic mass is 35.5. The number of ketones is 1. The molecule has 25 heavy (non-hydrogen) atoms. The van der Waals surface area contributed by atoms with Gasteiger partial charge < -0.3 is 10.6 Å². The number of halogens is 3. The number of amides is 1. The van der Waals surface area contributed by atoms with Crippen LogP contribution < -0.4 is 10.6 Å². The topological polar surface area (TPSA) is 82.0 Å². The molecule has 5 nitrogen and oxygen atoms in total. The molecule has 0 bridgehead atoms. The van der Waals surface area contributed by atoms with Crippen molar-refractivity contribution in [2.45, 2.75) is 30.7 Å². The van der Waals surface area contributed by atoms with E-state index in [-0.39, 0.29) is 45.2 Å². The second-order valence-electron chi connectivity index (χ2n) is 6.07. The smallest absolute Gasteiger partial charge is 0.230 e. The van der Waals surface area contributed by atoms with Crippen molar-refractivity contribution in [3.63, 3.8) is 0 Å². The van der Waals surface area contributed by atoms with E-state index in [2.05, 4.69) is 10.6 Å². The maximum Gasteiger partial charge on any atom is 0.230 e. The minimum Gasteiger partial charge on any atom is -0.367 e. The van der Waals surface area contributed by atoms with Gasteiger partial charge in [-0.15, -0.1) is 11.6 Å². The largest absolute Gasteiger partial charge is 0.367 e. The number of fused-ring (bicyclic) bond motifs is 1. The molecule has 0 spiro atoms. The summed E-state index contributed by atoms with van der Waals surface area (Å²) in [7, 11) is 0. The fourth-order valence-corrected chi connectivity index (χ4v) is 4.01. The van der Waals surface area contributed by atoms with E-state index in [0.29, 0.717) is 17.9 Å². The third kappa shape index (κ3) is 3.62. The zero-order valence-corrected chi connectivity index (χ0v) is 15.3. The first-order valence-electron chi connectivity index (χ1n) is 7.76. The molecule has 8 heteroatoms. The number of nitrogens with one attached hydrogen (secondary N) is 2. The normalized spacial score (nSPS) is 27.4. The molecule has 1 amide bonds. The van der Waals surface area contributed by atoms with Crippen molar-refractivity contribution in [3.8, 4) is 6.07 Å². The average molecular weight is 399 g/mol. The van der Waals surface area contributed by atoms with Crippen molar-refractivity contribution < 1.29 is 9.59 Å². The van der Waals surface area contributed by atoms with Crippen LogP contribution in [0.25, 0.3) is 0 Å². The van der Waals surface area contributed by atoms with Crippen molar-refractivity contribution in [3.05, 3.63) is 45.2 Å². The summed E-state index contributed by atoms with van der Waals surface area (Å²) in [6.45, 7) is 0. The summed E-state index contributed by atoms with van der Waals surface area (Å²) in [6.07, 6.45) is 2.03. The maximum absolute atomic E-state index is 12.7. The Morgan fingerprint density at radius 2 is 2.04 bits per heavy atom. The molecule has 3 atom stereocenters. The summed E-state index contributed by atoms with van der Waals surface area (Å²) < 4.78 is 0. The van der Waals surface area contributed by atoms with E-state index in [4.69, 9.17) is 34.8 Å². The number of nitriles is 1. The fraction of sp³-hybridized carbons (Fsp3) is 0.353. The van der Waals surface area contributed by atoms with Crippen LogP contribution in [0.3, 0.4) is 0 Å². The molecule has 1 saturated heterocycles. The number of carbonyl (C=O) groups is 2. The van der Waals surface area contributed by atoms with Gasteiger partial charge in [-0.25, -0.2) is 0 Å². The van der Waals surface area contributed by atoms with Crippen molar-refractivity contribution in [2.24, 2.45) is 5.92 Å². The van der Waals surface area contributed by atoms with E-state index in [0.717, 1.165) is 6.42 Å². The van der Waals surface area contributed by atoms with Crippen LogP contribution in [0.2, 0.25) is 10.0 Å². The van der Waals surface area contributed by atoms with E-state index >= 15 is 0 Å². The van der Waals surface area contributed by atoms with E-state index in [1.165, 1.54) is 18.2 Å². The number of hydrogen-bond acceptors (Lipinski definition) is 4. The van der Waals surface area contributed by atoms with Gasteiger partial charge in [-0.05, 0) is 37.5 Å². The van der Waals surface area contributed by atoms with E-state index in [1.807, 2.05) is 6.07 Å². The van der Waals surface area contributed by atoms with Gasteiger partial charge in [0.15, 0.2) is 0 Å². The highest BCUT2D eigenvalue weighted by Gasteiger charge is 2.39. The molecule has 2 fully saturated rings. The van der Waals surface area contributed by atoms with Crippen LogP contribution in [0.4, 0.5) is 0 Å². The zero-order chi connectivity index (χ0) is 18.1. The molecule has 2 N–H and O–H groups in total. The third-order valence-electron chi connectivity index (χ3n) is 4.47. The number of carbonyl (C=O) groups excluding carboxylic acids is 2. The molecular weight excluding hydrogens is 385 g/mol. The van der Waals surface area contributed by atoms with E-state index in [1.54, 1.807) is 0 Å². The minimum absolute atomic E-state index is 0.0344. The zero-order valence-electron chi connectivity index (χ0n) is 13.0. The molecular formula is C17H14Cl3N3O2. The van der Waals surface area contributed by atoms with Crippen molar-refractivity contribution in [2.75, 3.05) is 0 Å². The summed E-state index contributed by atoms with van der Waals surface area (Å²) in [4.78, 5) is 25.1. The monoisotopic (exact) mass is 397 g/mol. The number of nitrogens with zero attached hydrogens (tertiary/aromatic N) is 1. The molecule has 1 aliphatic carbocycles. The lowest BCUT2D eigenvalue weighted by atomic mass is 9.82. The van der Waals surface area contributed by atoms with Crippen LogP contribution in [-0.4, -0.2) is 23.1 Å². The number of benzene rings is 1. The summed E-state index contributed by atoms with van der Waals surface area (Å²) in [5.41, 5.74) is -0.0557. The van der Waals surface area contributed by atoms with Crippen molar-refractivity contribution in [1.29, 1.82) is 5.26 Å². The van der Waals surface area contributed by atoms with E-state index < -0.39 is 5.78 Å². The van der Waals surface area contributed by atoms with Gasteiger partial charge in [0, 0.05) is 22.0 Å². The third-order valence-corrected chi connectivity index (χ3v) is 5.41. The average Bonchev–Trinajstić information content (AvgIpc) is 2.55. The number of rotatable bonds is 2. The second-order valence-corrected chi connectivity index (χ2v) is 7.53. The summed E-state index contributed by atoms with van der Waals surface area (Å²) >= 11 is 18.1. The molecule has 1 aromatic carbocycles. The lowest BCUT2D eigenvalue weighted by Gasteiger charge is -2.39. The lowest BCUT2D eigenvalue weighted by molar-refractivity contribution is -0.127. The highest BCUT2D eigenvalue weighted by Crippen LogP contribution is 2.32. The lowest BCUT2D eigenvalue weighted by Crippen LogP contribution is -2.56. The van der Waals surface area contributed by atoms with Crippen LogP contribution in [0.5, 0.6) is 0 Å². The number of hydrogen-bond donors (Lipinski definition) is 2. The number of alkyl halides is 1. The molecule has 0 radical (unpaired) electrons. The van der Waals surface area contributed by atoms with Crippen molar-refractivity contribution in [1.82, 2.24) is 10.6 Å². The van der Waals surface area contributed by atoms with Gasteiger partial charge in [-0.1, -0.05) is 23.2 Å². The first-order valence-corrected chi connectivity index (χ1v) is 8.95. The summed E-state index contributed by atoms with van der Waals surface area (Å²) in [6, 6.07) is 6.07. The van der Waals surface area contributed by atoms with E-state index in [9.17, 15) is 14.9 Å². The predicted octanol–water partition coefficient (Wildman–Crippen LogP) is 3.41. The first kappa shape index (κ1) is 18.1. The maximum atomic E-state index is 12.7. The number of allylic oxidation sites excluding steroid dienone is 1. The Kier molecular flexibility index (Phi) is 5.24. The Morgan fingerprint density at radius 3 is 2.72 bits per heavy atom. The van der Waals surface area contributed by atoms with Gasteiger partial charge in [0.05, 0.1) is 10.9 Å². The Labute approximate surface area is 159 Å². The molecule has 1 heterocycles. The highest BCUT2D eigenvalue weighted by molar-refractivity contribution is 6.37. The van der Waals surface area contributed by atoms with Crippen LogP contribution in [0, 0.1) is 17.2 Å². The molecule has 3 unspecified atom stereocenters. The van der Waals surface area contributed by atoms with Crippen molar-refractivity contribution >= 4 is 46.5 Å². The van der Waals surface area contributed by atoms with Crippen LogP contribution in [0.15, 0.2) is 29.6 Å². The molecule has 1 saturated carbocycles. The minimum atomic E-state index is -0.580. The number of Topliss-reactive ketones (excluding diaryl/α,β-unsaturated/α-hetero) is 1. The summed E-state index contributed by atoms with van der Waals surface area (Å²) in [5.74, 6) is -0.892. The second kappa shape index (κ2) is 7.25. The molecule has 1 aliphatic heterocycles. The Balaban J connectivity index is 1.94. The quantitative estimate of drug-likeness (QED) is 0.346. The van der Waals surface area contributed by atoms with Gasteiger partial charge in [-0.3, -0.25) is 9.59 Å². The van der Waals surface area contributed by atoms with Gasteiger partial charge in [0.2, 0.25) is 11.7 Å². The van der Waals surface area contributed by atoms with Gasteiger partial charge >= 0.3 is 0 Å². The van der Waals surface area contributed by atoms with Crippen LogP contribution in [-0.2, 0) is 4.79 Å². The first-order chi connectivity index (χ1) is 11.9. The molecule has 130 valence electrons. The molecule has 0 aromatic heterocycles. The Hall–Kier alpha value is -1.74. The van der Waals surface area contributed by atoms with Gasteiger partial charge in [-0.2, -0.15) is 5.26 Å². The van der Waals surface area contributed by atoms with Crippen LogP contribution >= 0.6 is 34.8 Å².